The van der Waals surface area contributed by atoms with E-state index in [4.69, 9.17) is 0 Å². The quantitative estimate of drug-likeness (QED) is 0.434. The number of allylic oxidation sites excluding steroid dienone is 1. The van der Waals surface area contributed by atoms with Gasteiger partial charge in [0.05, 0.1) is 22.2 Å². The highest BCUT2D eigenvalue weighted by Crippen LogP contribution is 2.43. The fraction of sp³-hybridized carbons (Fsp3) is 0.120. The molecule has 0 saturated heterocycles. The zero-order valence-corrected chi connectivity index (χ0v) is 18.3. The first-order chi connectivity index (χ1) is 15.4. The van der Waals surface area contributed by atoms with Crippen molar-refractivity contribution in [2.45, 2.75) is 19.9 Å². The molecular weight excluding hydrogens is 424 g/mol. The van der Waals surface area contributed by atoms with Gasteiger partial charge in [-0.1, -0.05) is 78.1 Å². The minimum absolute atomic E-state index is 0.0226. The fourth-order valence-corrected chi connectivity index (χ4v) is 4.63. The topological polar surface area (TPSA) is 87.6 Å². The normalized spacial score (nSPS) is 16.2. The molecule has 1 aromatic heterocycles. The van der Waals surface area contributed by atoms with Crippen LogP contribution in [-0.2, 0) is 9.59 Å². The SMILES string of the molecule is CC(=O)c1sc(N2C(=O)C(O)=C(C(=O)C=Cc3ccccc3)C2c2ccccc2)nc1C. The molecule has 0 fully saturated rings. The third-order valence-electron chi connectivity index (χ3n) is 5.13. The molecule has 160 valence electrons. The number of aliphatic hydroxyl groups excluding tert-OH is 1. The van der Waals surface area contributed by atoms with Crippen LogP contribution in [0.15, 0.2) is 78.1 Å². The van der Waals surface area contributed by atoms with Crippen LogP contribution in [0.25, 0.3) is 6.08 Å². The van der Waals surface area contributed by atoms with E-state index in [0.29, 0.717) is 16.1 Å². The molecule has 0 spiro atoms. The maximum atomic E-state index is 13.2. The van der Waals surface area contributed by atoms with E-state index in [2.05, 4.69) is 4.98 Å². The van der Waals surface area contributed by atoms with Gasteiger partial charge in [0, 0.05) is 6.92 Å². The van der Waals surface area contributed by atoms with E-state index >= 15 is 0 Å². The third-order valence-corrected chi connectivity index (χ3v) is 6.38. The number of aryl methyl sites for hydroxylation is 1. The summed E-state index contributed by atoms with van der Waals surface area (Å²) in [6.45, 7) is 3.13. The molecular formula is C25H20N2O4S. The predicted octanol–water partition coefficient (Wildman–Crippen LogP) is 4.84. The number of amides is 1. The molecule has 1 unspecified atom stereocenters. The van der Waals surface area contributed by atoms with Crippen molar-refractivity contribution >= 4 is 40.0 Å². The lowest BCUT2D eigenvalue weighted by Crippen LogP contribution is -2.30. The highest BCUT2D eigenvalue weighted by molar-refractivity contribution is 7.17. The molecule has 1 aliphatic heterocycles. The smallest absolute Gasteiger partial charge is 0.296 e. The Morgan fingerprint density at radius 3 is 2.28 bits per heavy atom. The number of rotatable bonds is 6. The summed E-state index contributed by atoms with van der Waals surface area (Å²) >= 11 is 1.07. The van der Waals surface area contributed by atoms with E-state index in [-0.39, 0.29) is 16.5 Å². The Morgan fingerprint density at radius 1 is 1.06 bits per heavy atom. The summed E-state index contributed by atoms with van der Waals surface area (Å²) in [6, 6.07) is 17.4. The average molecular weight is 445 g/mol. The Labute approximate surface area is 189 Å². The van der Waals surface area contributed by atoms with Gasteiger partial charge >= 0.3 is 0 Å². The second-order valence-electron chi connectivity index (χ2n) is 7.33. The number of aliphatic hydroxyl groups is 1. The number of carbonyl (C=O) groups is 3. The molecule has 32 heavy (non-hydrogen) atoms. The Bertz CT molecular complexity index is 1260. The number of thiazole rings is 1. The van der Waals surface area contributed by atoms with Crippen LogP contribution in [0.1, 0.15) is 39.5 Å². The van der Waals surface area contributed by atoms with Gasteiger partial charge in [0.25, 0.3) is 5.91 Å². The number of carbonyl (C=O) groups excluding carboxylic acids is 3. The molecule has 0 bridgehead atoms. The first kappa shape index (κ1) is 21.4. The first-order valence-corrected chi connectivity index (χ1v) is 10.8. The van der Waals surface area contributed by atoms with Crippen LogP contribution in [0, 0.1) is 6.92 Å². The number of hydrogen-bond acceptors (Lipinski definition) is 6. The molecule has 6 nitrogen and oxygen atoms in total. The van der Waals surface area contributed by atoms with Crippen LogP contribution in [-0.4, -0.2) is 27.6 Å². The predicted molar refractivity (Wildman–Crippen MR) is 124 cm³/mol. The summed E-state index contributed by atoms with van der Waals surface area (Å²) in [5, 5.41) is 11.0. The molecule has 7 heteroatoms. The molecule has 3 aromatic rings. The van der Waals surface area contributed by atoms with Gasteiger partial charge in [0.15, 0.2) is 22.5 Å². The summed E-state index contributed by atoms with van der Waals surface area (Å²) in [5.41, 5.74) is 1.95. The third kappa shape index (κ3) is 3.90. The Balaban J connectivity index is 1.79. The van der Waals surface area contributed by atoms with Crippen molar-refractivity contribution in [2.75, 3.05) is 4.90 Å². The Hall–Kier alpha value is -3.84. The van der Waals surface area contributed by atoms with Gasteiger partial charge in [-0.25, -0.2) is 4.98 Å². The molecule has 1 atom stereocenters. The summed E-state index contributed by atoms with van der Waals surface area (Å²) in [7, 11) is 0. The fourth-order valence-electron chi connectivity index (χ4n) is 3.64. The Morgan fingerprint density at radius 2 is 1.69 bits per heavy atom. The van der Waals surface area contributed by atoms with Crippen LogP contribution < -0.4 is 4.90 Å². The van der Waals surface area contributed by atoms with Crippen molar-refractivity contribution in [1.82, 2.24) is 4.98 Å². The van der Waals surface area contributed by atoms with Gasteiger partial charge in [0.2, 0.25) is 0 Å². The molecule has 0 saturated carbocycles. The number of aromatic nitrogens is 1. The molecule has 4 rings (SSSR count). The highest BCUT2D eigenvalue weighted by atomic mass is 32.1. The van der Waals surface area contributed by atoms with Crippen molar-refractivity contribution in [3.05, 3.63) is 99.8 Å². The van der Waals surface area contributed by atoms with Crippen LogP contribution in [0.3, 0.4) is 0 Å². The summed E-state index contributed by atoms with van der Waals surface area (Å²) in [6.07, 6.45) is 2.99. The number of benzene rings is 2. The molecule has 0 radical (unpaired) electrons. The van der Waals surface area contributed by atoms with Crippen molar-refractivity contribution < 1.29 is 19.5 Å². The Kier molecular flexibility index (Phi) is 5.83. The van der Waals surface area contributed by atoms with Crippen LogP contribution in [0.5, 0.6) is 0 Å². The van der Waals surface area contributed by atoms with E-state index in [1.807, 2.05) is 36.4 Å². The zero-order valence-electron chi connectivity index (χ0n) is 17.5. The van der Waals surface area contributed by atoms with Gasteiger partial charge in [-0.3, -0.25) is 19.3 Å². The number of anilines is 1. The van der Waals surface area contributed by atoms with Crippen LogP contribution in [0.4, 0.5) is 5.13 Å². The van der Waals surface area contributed by atoms with E-state index in [0.717, 1.165) is 16.9 Å². The second-order valence-corrected chi connectivity index (χ2v) is 8.30. The van der Waals surface area contributed by atoms with E-state index in [1.165, 1.54) is 17.9 Å². The number of nitrogens with zero attached hydrogens (tertiary/aromatic N) is 2. The molecule has 1 amide bonds. The van der Waals surface area contributed by atoms with Crippen LogP contribution in [0.2, 0.25) is 0 Å². The van der Waals surface area contributed by atoms with Gasteiger partial charge in [-0.05, 0) is 24.1 Å². The average Bonchev–Trinajstić information content (AvgIpc) is 3.31. The van der Waals surface area contributed by atoms with Gasteiger partial charge in [0.1, 0.15) is 0 Å². The van der Waals surface area contributed by atoms with Gasteiger partial charge in [-0.15, -0.1) is 0 Å². The molecule has 0 aliphatic carbocycles. The van der Waals surface area contributed by atoms with Gasteiger partial charge < -0.3 is 5.11 Å². The summed E-state index contributed by atoms with van der Waals surface area (Å²) in [5.74, 6) is -1.97. The lowest BCUT2D eigenvalue weighted by atomic mass is 9.96. The van der Waals surface area contributed by atoms with Crippen LogP contribution >= 0.6 is 11.3 Å². The number of ketones is 2. The highest BCUT2D eigenvalue weighted by Gasteiger charge is 2.45. The monoisotopic (exact) mass is 444 g/mol. The molecule has 2 aromatic carbocycles. The van der Waals surface area contributed by atoms with E-state index < -0.39 is 23.5 Å². The van der Waals surface area contributed by atoms with E-state index in [1.54, 1.807) is 37.3 Å². The minimum Gasteiger partial charge on any atom is -0.503 e. The summed E-state index contributed by atoms with van der Waals surface area (Å²) in [4.78, 5) is 44.3. The van der Waals surface area contributed by atoms with E-state index in [9.17, 15) is 19.5 Å². The van der Waals surface area contributed by atoms with Crippen molar-refractivity contribution in [1.29, 1.82) is 0 Å². The first-order valence-electron chi connectivity index (χ1n) is 9.96. The van der Waals surface area contributed by atoms with Crippen molar-refractivity contribution in [2.24, 2.45) is 0 Å². The lowest BCUT2D eigenvalue weighted by Gasteiger charge is -2.24. The lowest BCUT2D eigenvalue weighted by molar-refractivity contribution is -0.117. The largest absolute Gasteiger partial charge is 0.503 e. The van der Waals surface area contributed by atoms with Gasteiger partial charge in [-0.2, -0.15) is 0 Å². The number of Topliss-reactive ketones (excluding diaryl/α,β-unsaturated/α-hetero) is 1. The molecule has 1 aliphatic rings. The second kappa shape index (κ2) is 8.72. The summed E-state index contributed by atoms with van der Waals surface area (Å²) < 4.78 is 0. The molecule has 1 N–H and O–H groups in total. The standard InChI is InChI=1S/C25H20N2O4S/c1-15-23(16(2)28)32-25(26-15)27-21(18-11-7-4-8-12-18)20(22(30)24(27)31)19(29)14-13-17-9-5-3-6-10-17/h3-14,21,30H,1-2H3. The number of hydrogen-bond donors (Lipinski definition) is 1. The minimum atomic E-state index is -0.859. The zero-order chi connectivity index (χ0) is 22.8. The maximum absolute atomic E-state index is 13.2. The van der Waals surface area contributed by atoms with Crippen molar-refractivity contribution in [3.8, 4) is 0 Å². The maximum Gasteiger partial charge on any atom is 0.296 e. The molecule has 2 heterocycles. The van der Waals surface area contributed by atoms with Crippen molar-refractivity contribution in [3.63, 3.8) is 0 Å².